The number of aromatic amines is 1. The van der Waals surface area contributed by atoms with Crippen LogP contribution in [0.1, 0.15) is 16.2 Å². The number of ketones is 1. The predicted octanol–water partition coefficient (Wildman–Crippen LogP) is 0.633. The summed E-state index contributed by atoms with van der Waals surface area (Å²) in [5.74, 6) is -0.330. The third kappa shape index (κ3) is 4.24. The van der Waals surface area contributed by atoms with Crippen LogP contribution in [0, 0.1) is 0 Å². The number of thioether (sulfide) groups is 1. The van der Waals surface area contributed by atoms with Gasteiger partial charge in [-0.25, -0.2) is 9.78 Å². The number of hydrogen-bond acceptors (Lipinski definition) is 7. The van der Waals surface area contributed by atoms with Gasteiger partial charge in [0.15, 0.2) is 16.9 Å². The van der Waals surface area contributed by atoms with Crippen LogP contribution in [0.4, 0.5) is 0 Å². The van der Waals surface area contributed by atoms with Crippen molar-refractivity contribution in [3.8, 4) is 5.75 Å². The van der Waals surface area contributed by atoms with Crippen LogP contribution in [-0.2, 0) is 24.1 Å². The zero-order valence-electron chi connectivity index (χ0n) is 15.7. The van der Waals surface area contributed by atoms with Gasteiger partial charge in [0.05, 0.1) is 25.2 Å². The molecule has 0 amide bonds. The summed E-state index contributed by atoms with van der Waals surface area (Å²) in [6.45, 7) is -0.187. The first-order chi connectivity index (χ1) is 13.8. The van der Waals surface area contributed by atoms with E-state index in [2.05, 4.69) is 9.97 Å². The third-order valence-corrected chi connectivity index (χ3v) is 5.17. The second kappa shape index (κ2) is 8.35. The van der Waals surface area contributed by atoms with E-state index in [9.17, 15) is 19.2 Å². The molecule has 0 aliphatic rings. The summed E-state index contributed by atoms with van der Waals surface area (Å²) >= 11 is 1.08. The van der Waals surface area contributed by atoms with Gasteiger partial charge in [-0.3, -0.25) is 23.9 Å². The Hall–Kier alpha value is -3.34. The number of Topliss-reactive ketones (excluding diaryl/α,β-unsaturated/α-hetero) is 1. The van der Waals surface area contributed by atoms with E-state index in [1.54, 1.807) is 24.3 Å². The van der Waals surface area contributed by atoms with E-state index in [0.717, 1.165) is 11.8 Å². The average molecular weight is 418 g/mol. The standard InChI is InChI=1S/C18H18N4O6S/c1-21-16-15(17(26)20-18(21)27)22(13(19-16)8-29-9-14(24)25)7-12(23)10-3-5-11(28-2)6-4-10/h3-6H,7-9H2,1-2H3,(H,24,25)(H,20,26,27). The molecule has 0 unspecified atom stereocenters. The molecule has 0 spiro atoms. The lowest BCUT2D eigenvalue weighted by Crippen LogP contribution is -2.29. The Morgan fingerprint density at radius 2 is 1.93 bits per heavy atom. The van der Waals surface area contributed by atoms with Crippen LogP contribution in [0.2, 0.25) is 0 Å². The van der Waals surface area contributed by atoms with Crippen molar-refractivity contribution in [1.29, 1.82) is 0 Å². The maximum Gasteiger partial charge on any atom is 0.329 e. The highest BCUT2D eigenvalue weighted by atomic mass is 32.2. The van der Waals surface area contributed by atoms with Gasteiger partial charge in [0.1, 0.15) is 11.6 Å². The molecule has 0 aliphatic heterocycles. The molecule has 0 aliphatic carbocycles. The number of aliphatic carboxylic acids is 1. The fourth-order valence-corrected chi connectivity index (χ4v) is 3.48. The maximum absolute atomic E-state index is 12.8. The minimum Gasteiger partial charge on any atom is -0.497 e. The van der Waals surface area contributed by atoms with Crippen LogP contribution >= 0.6 is 11.8 Å². The number of carboxylic acids is 1. The number of fused-ring (bicyclic) bond motifs is 1. The van der Waals surface area contributed by atoms with Crippen molar-refractivity contribution >= 4 is 34.7 Å². The molecule has 0 radical (unpaired) electrons. The van der Waals surface area contributed by atoms with E-state index in [4.69, 9.17) is 9.84 Å². The Morgan fingerprint density at radius 1 is 1.24 bits per heavy atom. The van der Waals surface area contributed by atoms with Gasteiger partial charge in [0.25, 0.3) is 5.56 Å². The number of ether oxygens (including phenoxy) is 1. The highest BCUT2D eigenvalue weighted by Gasteiger charge is 2.20. The highest BCUT2D eigenvalue weighted by molar-refractivity contribution is 7.99. The molecule has 2 heterocycles. The SMILES string of the molecule is COc1ccc(C(=O)Cn2c(CSCC(=O)O)nc3c2c(=O)[nH]c(=O)n3C)cc1. The Kier molecular flexibility index (Phi) is 5.87. The number of benzene rings is 1. The van der Waals surface area contributed by atoms with E-state index < -0.39 is 17.2 Å². The largest absolute Gasteiger partial charge is 0.497 e. The van der Waals surface area contributed by atoms with E-state index in [0.29, 0.717) is 17.1 Å². The van der Waals surface area contributed by atoms with Crippen molar-refractivity contribution in [3.05, 3.63) is 56.5 Å². The van der Waals surface area contributed by atoms with E-state index in [1.807, 2.05) is 0 Å². The van der Waals surface area contributed by atoms with E-state index in [-0.39, 0.29) is 35.0 Å². The molecule has 0 bridgehead atoms. The summed E-state index contributed by atoms with van der Waals surface area (Å²) in [5, 5.41) is 8.85. The fraction of sp³-hybridized carbons (Fsp3) is 0.278. The third-order valence-electron chi connectivity index (χ3n) is 4.26. The van der Waals surface area contributed by atoms with Crippen molar-refractivity contribution in [2.24, 2.45) is 7.05 Å². The Bertz CT molecular complexity index is 1190. The van der Waals surface area contributed by atoms with E-state index in [1.165, 1.54) is 23.3 Å². The molecule has 0 atom stereocenters. The Morgan fingerprint density at radius 3 is 2.55 bits per heavy atom. The van der Waals surface area contributed by atoms with Gasteiger partial charge in [-0.2, -0.15) is 0 Å². The predicted molar refractivity (Wildman–Crippen MR) is 107 cm³/mol. The molecule has 3 rings (SSSR count). The van der Waals surface area contributed by atoms with E-state index >= 15 is 0 Å². The fourth-order valence-electron chi connectivity index (χ4n) is 2.80. The average Bonchev–Trinajstić information content (AvgIpc) is 3.05. The molecule has 1 aromatic carbocycles. The zero-order valence-corrected chi connectivity index (χ0v) is 16.5. The second-order valence-corrected chi connectivity index (χ2v) is 7.13. The van der Waals surface area contributed by atoms with Gasteiger partial charge in [0.2, 0.25) is 0 Å². The summed E-state index contributed by atoms with van der Waals surface area (Å²) < 4.78 is 7.68. The van der Waals surface area contributed by atoms with Crippen molar-refractivity contribution in [2.45, 2.75) is 12.3 Å². The maximum atomic E-state index is 12.8. The van der Waals surface area contributed by atoms with Crippen LogP contribution in [-0.4, -0.2) is 48.8 Å². The first kappa shape index (κ1) is 20.4. The molecular formula is C18H18N4O6S. The number of hydrogen-bond donors (Lipinski definition) is 2. The number of carbonyl (C=O) groups is 2. The number of carboxylic acid groups (broad SMARTS) is 1. The number of imidazole rings is 1. The van der Waals surface area contributed by atoms with Crippen molar-refractivity contribution in [2.75, 3.05) is 12.9 Å². The molecule has 152 valence electrons. The second-order valence-electron chi connectivity index (χ2n) is 6.14. The number of carbonyl (C=O) groups excluding carboxylic acids is 1. The van der Waals surface area contributed by atoms with Crippen LogP contribution in [0.25, 0.3) is 11.2 Å². The lowest BCUT2D eigenvalue weighted by atomic mass is 10.1. The molecule has 0 saturated carbocycles. The summed E-state index contributed by atoms with van der Waals surface area (Å²) in [5.41, 5.74) is -0.656. The van der Waals surface area contributed by atoms with Gasteiger partial charge < -0.3 is 14.4 Å². The number of nitrogens with zero attached hydrogens (tertiary/aromatic N) is 3. The van der Waals surface area contributed by atoms with Crippen LogP contribution in [0.3, 0.4) is 0 Å². The summed E-state index contributed by atoms with van der Waals surface area (Å²) in [4.78, 5) is 54.4. The smallest absolute Gasteiger partial charge is 0.329 e. The number of methoxy groups -OCH3 is 1. The Labute approximate surface area is 168 Å². The summed E-state index contributed by atoms with van der Waals surface area (Å²) in [7, 11) is 2.98. The molecule has 2 N–H and O–H groups in total. The minimum absolute atomic E-state index is 0.0832. The molecule has 0 saturated heterocycles. The zero-order chi connectivity index (χ0) is 21.1. The van der Waals surface area contributed by atoms with Crippen LogP contribution < -0.4 is 16.0 Å². The monoisotopic (exact) mass is 418 g/mol. The van der Waals surface area contributed by atoms with Gasteiger partial charge in [-0.1, -0.05) is 0 Å². The molecule has 29 heavy (non-hydrogen) atoms. The van der Waals surface area contributed by atoms with Crippen molar-refractivity contribution in [1.82, 2.24) is 19.1 Å². The van der Waals surface area contributed by atoms with Crippen LogP contribution in [0.15, 0.2) is 33.9 Å². The van der Waals surface area contributed by atoms with Crippen molar-refractivity contribution in [3.63, 3.8) is 0 Å². The lowest BCUT2D eigenvalue weighted by Gasteiger charge is -2.08. The summed E-state index contributed by atoms with van der Waals surface area (Å²) in [6, 6.07) is 6.52. The number of aromatic nitrogens is 4. The number of H-pyrrole nitrogens is 1. The van der Waals surface area contributed by atoms with Gasteiger partial charge >= 0.3 is 11.7 Å². The number of aryl methyl sites for hydroxylation is 1. The molecule has 0 fully saturated rings. The molecule has 11 heteroatoms. The molecular weight excluding hydrogens is 400 g/mol. The van der Waals surface area contributed by atoms with Gasteiger partial charge in [-0.15, -0.1) is 11.8 Å². The first-order valence-corrected chi connectivity index (χ1v) is 9.62. The Balaban J connectivity index is 2.04. The molecule has 10 nitrogen and oxygen atoms in total. The molecule has 3 aromatic rings. The minimum atomic E-state index is -0.989. The topological polar surface area (TPSA) is 136 Å². The van der Waals surface area contributed by atoms with Crippen LogP contribution in [0.5, 0.6) is 5.75 Å². The summed E-state index contributed by atoms with van der Waals surface area (Å²) in [6.07, 6.45) is 0. The normalized spacial score (nSPS) is 11.0. The quantitative estimate of drug-likeness (QED) is 0.509. The van der Waals surface area contributed by atoms with Gasteiger partial charge in [-0.05, 0) is 24.3 Å². The molecule has 2 aromatic heterocycles. The number of nitrogens with one attached hydrogen (secondary N) is 1. The first-order valence-electron chi connectivity index (χ1n) is 8.47. The lowest BCUT2D eigenvalue weighted by molar-refractivity contribution is -0.133. The van der Waals surface area contributed by atoms with Gasteiger partial charge in [0, 0.05) is 12.6 Å². The number of rotatable bonds is 8. The highest BCUT2D eigenvalue weighted by Crippen LogP contribution is 2.18. The van der Waals surface area contributed by atoms with Crippen molar-refractivity contribution < 1.29 is 19.4 Å².